The second-order valence-corrected chi connectivity index (χ2v) is 4.68. The van der Waals surface area contributed by atoms with Gasteiger partial charge in [-0.05, 0) is 25.3 Å². The summed E-state index contributed by atoms with van der Waals surface area (Å²) >= 11 is 0. The third-order valence-corrected chi connectivity index (χ3v) is 3.23. The first kappa shape index (κ1) is 11.6. The highest BCUT2D eigenvalue weighted by molar-refractivity contribution is 5.13. The zero-order chi connectivity index (χ0) is 11.6. The standard InChI is InChI=1S/C13H18O3/c1-13(15)8-7-11(12(13)14)16-9-10-5-3-2-4-6-10/h2-6,11-12,14-15H,7-9H2,1H3/t11-,12-,13-/m0/s1. The molecule has 0 amide bonds. The third-order valence-electron chi connectivity index (χ3n) is 3.23. The van der Waals surface area contributed by atoms with Gasteiger partial charge < -0.3 is 14.9 Å². The highest BCUT2D eigenvalue weighted by Gasteiger charge is 2.43. The van der Waals surface area contributed by atoms with Crippen LogP contribution in [0.3, 0.4) is 0 Å². The number of ether oxygens (including phenoxy) is 1. The fourth-order valence-corrected chi connectivity index (χ4v) is 2.09. The van der Waals surface area contributed by atoms with E-state index in [1.54, 1.807) is 6.92 Å². The van der Waals surface area contributed by atoms with Crippen LogP contribution in [0.2, 0.25) is 0 Å². The Labute approximate surface area is 95.7 Å². The van der Waals surface area contributed by atoms with E-state index in [9.17, 15) is 10.2 Å². The van der Waals surface area contributed by atoms with Crippen molar-refractivity contribution in [1.82, 2.24) is 0 Å². The van der Waals surface area contributed by atoms with Crippen LogP contribution < -0.4 is 0 Å². The summed E-state index contributed by atoms with van der Waals surface area (Å²) in [6.45, 7) is 2.14. The van der Waals surface area contributed by atoms with Gasteiger partial charge in [-0.3, -0.25) is 0 Å². The molecule has 0 saturated heterocycles. The minimum absolute atomic E-state index is 0.254. The summed E-state index contributed by atoms with van der Waals surface area (Å²) < 4.78 is 5.63. The van der Waals surface area contributed by atoms with Crippen molar-refractivity contribution in [3.05, 3.63) is 35.9 Å². The van der Waals surface area contributed by atoms with Gasteiger partial charge in [-0.25, -0.2) is 0 Å². The van der Waals surface area contributed by atoms with Gasteiger partial charge in [-0.2, -0.15) is 0 Å². The summed E-state index contributed by atoms with van der Waals surface area (Å²) in [7, 11) is 0. The fourth-order valence-electron chi connectivity index (χ4n) is 2.09. The van der Waals surface area contributed by atoms with E-state index in [-0.39, 0.29) is 6.10 Å². The Morgan fingerprint density at radius 2 is 2.06 bits per heavy atom. The molecule has 0 unspecified atom stereocenters. The SMILES string of the molecule is C[C@]1(O)CC[C@H](OCc2ccccc2)[C@@H]1O. The molecule has 3 atom stereocenters. The second kappa shape index (κ2) is 4.53. The van der Waals surface area contributed by atoms with E-state index < -0.39 is 11.7 Å². The van der Waals surface area contributed by atoms with Gasteiger partial charge in [0.2, 0.25) is 0 Å². The molecule has 1 saturated carbocycles. The van der Waals surface area contributed by atoms with E-state index >= 15 is 0 Å². The lowest BCUT2D eigenvalue weighted by Gasteiger charge is -2.24. The normalized spacial score (nSPS) is 34.2. The van der Waals surface area contributed by atoms with Crippen LogP contribution >= 0.6 is 0 Å². The van der Waals surface area contributed by atoms with E-state index in [1.807, 2.05) is 30.3 Å². The van der Waals surface area contributed by atoms with Crippen molar-refractivity contribution >= 4 is 0 Å². The molecule has 2 N–H and O–H groups in total. The van der Waals surface area contributed by atoms with Gasteiger partial charge in [0.15, 0.2) is 0 Å². The molecular weight excluding hydrogens is 204 g/mol. The summed E-state index contributed by atoms with van der Waals surface area (Å²) in [6, 6.07) is 9.84. The molecule has 1 fully saturated rings. The number of benzene rings is 1. The Morgan fingerprint density at radius 1 is 1.38 bits per heavy atom. The summed E-state index contributed by atoms with van der Waals surface area (Å²) in [6.07, 6.45) is 0.264. The number of aliphatic hydroxyl groups excluding tert-OH is 1. The molecule has 0 spiro atoms. The van der Waals surface area contributed by atoms with Gasteiger partial charge in [0, 0.05) is 0 Å². The summed E-state index contributed by atoms with van der Waals surface area (Å²) in [5.74, 6) is 0. The van der Waals surface area contributed by atoms with E-state index in [4.69, 9.17) is 4.74 Å². The van der Waals surface area contributed by atoms with Crippen LogP contribution in [0.4, 0.5) is 0 Å². The van der Waals surface area contributed by atoms with Crippen molar-refractivity contribution in [2.45, 2.75) is 44.2 Å². The molecule has 1 aliphatic carbocycles. The molecule has 16 heavy (non-hydrogen) atoms. The first-order chi connectivity index (χ1) is 7.59. The average Bonchev–Trinajstić information content (AvgIpc) is 2.54. The maximum Gasteiger partial charge on any atom is 0.108 e. The number of hydrogen-bond donors (Lipinski definition) is 2. The second-order valence-electron chi connectivity index (χ2n) is 4.68. The van der Waals surface area contributed by atoms with Gasteiger partial charge in [0.1, 0.15) is 6.10 Å². The van der Waals surface area contributed by atoms with Crippen LogP contribution in [-0.4, -0.2) is 28.0 Å². The van der Waals surface area contributed by atoms with Crippen molar-refractivity contribution in [2.24, 2.45) is 0 Å². The fraction of sp³-hybridized carbons (Fsp3) is 0.538. The van der Waals surface area contributed by atoms with E-state index in [0.717, 1.165) is 5.56 Å². The molecule has 1 aromatic carbocycles. The largest absolute Gasteiger partial charge is 0.387 e. The van der Waals surface area contributed by atoms with E-state index in [2.05, 4.69) is 0 Å². The quantitative estimate of drug-likeness (QED) is 0.814. The van der Waals surface area contributed by atoms with Gasteiger partial charge in [0.05, 0.1) is 18.3 Å². The van der Waals surface area contributed by atoms with Crippen LogP contribution in [-0.2, 0) is 11.3 Å². The predicted octanol–water partition coefficient (Wildman–Crippen LogP) is 1.48. The molecule has 0 aliphatic heterocycles. The third kappa shape index (κ3) is 2.43. The van der Waals surface area contributed by atoms with E-state index in [0.29, 0.717) is 19.4 Å². The van der Waals surface area contributed by atoms with Crippen LogP contribution in [0.1, 0.15) is 25.3 Å². The van der Waals surface area contributed by atoms with Gasteiger partial charge in [-0.1, -0.05) is 30.3 Å². The molecule has 3 nitrogen and oxygen atoms in total. The number of aliphatic hydroxyl groups is 2. The molecule has 1 aromatic rings. The summed E-state index contributed by atoms with van der Waals surface area (Å²) in [5.41, 5.74) is 0.0858. The highest BCUT2D eigenvalue weighted by atomic mass is 16.5. The molecule has 2 rings (SSSR count). The zero-order valence-corrected chi connectivity index (χ0v) is 9.47. The summed E-state index contributed by atoms with van der Waals surface area (Å²) in [5, 5.41) is 19.6. The highest BCUT2D eigenvalue weighted by Crippen LogP contribution is 2.32. The first-order valence-electron chi connectivity index (χ1n) is 5.65. The lowest BCUT2D eigenvalue weighted by Crippen LogP contribution is -2.39. The van der Waals surface area contributed by atoms with Gasteiger partial charge in [-0.15, -0.1) is 0 Å². The molecule has 0 aromatic heterocycles. The Kier molecular flexibility index (Phi) is 3.28. The van der Waals surface area contributed by atoms with Gasteiger partial charge >= 0.3 is 0 Å². The Morgan fingerprint density at radius 3 is 2.62 bits per heavy atom. The topological polar surface area (TPSA) is 49.7 Å². The van der Waals surface area contributed by atoms with Crippen LogP contribution in [0, 0.1) is 0 Å². The average molecular weight is 222 g/mol. The summed E-state index contributed by atoms with van der Waals surface area (Å²) in [4.78, 5) is 0. The number of hydrogen-bond acceptors (Lipinski definition) is 3. The first-order valence-corrected chi connectivity index (χ1v) is 5.65. The minimum atomic E-state index is -0.999. The van der Waals surface area contributed by atoms with Gasteiger partial charge in [0.25, 0.3) is 0 Å². The Bertz CT molecular complexity index is 334. The lowest BCUT2D eigenvalue weighted by atomic mass is 10.0. The van der Waals surface area contributed by atoms with Crippen molar-refractivity contribution in [3.63, 3.8) is 0 Å². The predicted molar refractivity (Wildman–Crippen MR) is 60.9 cm³/mol. The molecule has 0 heterocycles. The van der Waals surface area contributed by atoms with Crippen LogP contribution in [0.5, 0.6) is 0 Å². The maximum absolute atomic E-state index is 9.82. The molecular formula is C13H18O3. The molecule has 1 aliphatic rings. The maximum atomic E-state index is 9.82. The van der Waals surface area contributed by atoms with Crippen molar-refractivity contribution < 1.29 is 14.9 Å². The van der Waals surface area contributed by atoms with Crippen molar-refractivity contribution in [1.29, 1.82) is 0 Å². The minimum Gasteiger partial charge on any atom is -0.387 e. The lowest BCUT2D eigenvalue weighted by molar-refractivity contribution is -0.0989. The Hall–Kier alpha value is -0.900. The van der Waals surface area contributed by atoms with E-state index in [1.165, 1.54) is 0 Å². The molecule has 88 valence electrons. The van der Waals surface area contributed by atoms with Crippen molar-refractivity contribution in [3.8, 4) is 0 Å². The van der Waals surface area contributed by atoms with Crippen LogP contribution in [0.15, 0.2) is 30.3 Å². The Balaban J connectivity index is 1.88. The number of rotatable bonds is 3. The smallest absolute Gasteiger partial charge is 0.108 e. The monoisotopic (exact) mass is 222 g/mol. The zero-order valence-electron chi connectivity index (χ0n) is 9.47. The molecule has 0 bridgehead atoms. The molecule has 3 heteroatoms. The van der Waals surface area contributed by atoms with Crippen LogP contribution in [0.25, 0.3) is 0 Å². The van der Waals surface area contributed by atoms with Crippen molar-refractivity contribution in [2.75, 3.05) is 0 Å². The molecule has 0 radical (unpaired) electrons.